The zero-order chi connectivity index (χ0) is 20.7. The van der Waals surface area contributed by atoms with Crippen molar-refractivity contribution in [2.24, 2.45) is 0 Å². The van der Waals surface area contributed by atoms with Crippen LogP contribution in [0.4, 0.5) is 0 Å². The van der Waals surface area contributed by atoms with Crippen molar-refractivity contribution in [1.29, 1.82) is 0 Å². The van der Waals surface area contributed by atoms with Gasteiger partial charge in [-0.1, -0.05) is 11.6 Å². The van der Waals surface area contributed by atoms with E-state index in [0.29, 0.717) is 34.4 Å². The van der Waals surface area contributed by atoms with Gasteiger partial charge < -0.3 is 23.8 Å². The molecule has 0 aliphatic carbocycles. The lowest BCUT2D eigenvalue weighted by Gasteiger charge is -2.20. The summed E-state index contributed by atoms with van der Waals surface area (Å²) in [6.07, 6.45) is 0. The number of carbonyl (C=O) groups is 2. The third-order valence-corrected chi connectivity index (χ3v) is 4.22. The summed E-state index contributed by atoms with van der Waals surface area (Å²) in [5.74, 6) is 0.581. The number of methoxy groups -OCH3 is 3. The molecule has 0 bridgehead atoms. The Morgan fingerprint density at radius 3 is 2.29 bits per heavy atom. The summed E-state index contributed by atoms with van der Waals surface area (Å²) in [4.78, 5) is 25.6. The number of hydrogen-bond donors (Lipinski definition) is 0. The number of halogens is 1. The van der Waals surface area contributed by atoms with Crippen molar-refractivity contribution in [3.8, 4) is 17.2 Å². The van der Waals surface area contributed by atoms with E-state index in [0.717, 1.165) is 5.56 Å². The predicted octanol–water partition coefficient (Wildman–Crippen LogP) is 3.18. The van der Waals surface area contributed by atoms with Crippen LogP contribution in [-0.2, 0) is 16.1 Å². The molecule has 0 saturated heterocycles. The molecule has 28 heavy (non-hydrogen) atoms. The number of rotatable bonds is 8. The maximum Gasteiger partial charge on any atom is 0.343 e. The Labute approximate surface area is 168 Å². The largest absolute Gasteiger partial charge is 0.496 e. The summed E-state index contributed by atoms with van der Waals surface area (Å²) >= 11 is 6.05. The molecule has 8 heteroatoms. The number of hydrogen-bond acceptors (Lipinski definition) is 6. The smallest absolute Gasteiger partial charge is 0.343 e. The van der Waals surface area contributed by atoms with Gasteiger partial charge in [-0.25, -0.2) is 4.79 Å². The minimum Gasteiger partial charge on any atom is -0.496 e. The lowest BCUT2D eigenvalue weighted by atomic mass is 10.1. The van der Waals surface area contributed by atoms with Gasteiger partial charge >= 0.3 is 5.97 Å². The van der Waals surface area contributed by atoms with Crippen molar-refractivity contribution >= 4 is 23.5 Å². The van der Waals surface area contributed by atoms with Gasteiger partial charge in [-0.3, -0.25) is 4.79 Å². The van der Waals surface area contributed by atoms with Crippen molar-refractivity contribution in [1.82, 2.24) is 4.90 Å². The van der Waals surface area contributed by atoms with Crippen LogP contribution in [-0.4, -0.2) is 51.8 Å². The number of benzene rings is 2. The van der Waals surface area contributed by atoms with Crippen LogP contribution >= 0.6 is 11.6 Å². The Morgan fingerprint density at radius 2 is 1.64 bits per heavy atom. The van der Waals surface area contributed by atoms with Crippen LogP contribution in [0.1, 0.15) is 15.9 Å². The van der Waals surface area contributed by atoms with Gasteiger partial charge in [0.1, 0.15) is 5.75 Å². The average Bonchev–Trinajstić information content (AvgIpc) is 2.71. The van der Waals surface area contributed by atoms with E-state index < -0.39 is 5.97 Å². The highest BCUT2D eigenvalue weighted by Gasteiger charge is 2.17. The Balaban J connectivity index is 2.17. The monoisotopic (exact) mass is 407 g/mol. The number of nitrogens with zero attached hydrogens (tertiary/aromatic N) is 1. The second kappa shape index (κ2) is 9.85. The predicted molar refractivity (Wildman–Crippen MR) is 104 cm³/mol. The molecule has 0 unspecified atom stereocenters. The SMILES string of the molecule is COC(=O)COc1ccc(C(=O)N(C)Cc2cc(Cl)ccc2OC)cc1OC. The van der Waals surface area contributed by atoms with E-state index in [-0.39, 0.29) is 12.5 Å². The first-order valence-electron chi connectivity index (χ1n) is 8.35. The van der Waals surface area contributed by atoms with Crippen molar-refractivity contribution in [3.63, 3.8) is 0 Å². The zero-order valence-electron chi connectivity index (χ0n) is 16.2. The van der Waals surface area contributed by atoms with Gasteiger partial charge in [0, 0.05) is 29.7 Å². The maximum atomic E-state index is 12.8. The zero-order valence-corrected chi connectivity index (χ0v) is 16.9. The van der Waals surface area contributed by atoms with E-state index in [1.807, 2.05) is 0 Å². The highest BCUT2D eigenvalue weighted by Crippen LogP contribution is 2.29. The van der Waals surface area contributed by atoms with Crippen LogP contribution in [0.3, 0.4) is 0 Å². The van der Waals surface area contributed by atoms with E-state index in [1.54, 1.807) is 50.6 Å². The molecule has 2 aromatic carbocycles. The Hall–Kier alpha value is -2.93. The van der Waals surface area contributed by atoms with E-state index in [2.05, 4.69) is 4.74 Å². The molecule has 0 fully saturated rings. The van der Waals surface area contributed by atoms with E-state index in [9.17, 15) is 9.59 Å². The van der Waals surface area contributed by atoms with Gasteiger partial charge in [0.05, 0.1) is 21.3 Å². The molecule has 0 aromatic heterocycles. The van der Waals surface area contributed by atoms with Gasteiger partial charge in [-0.05, 0) is 36.4 Å². The Kier molecular flexibility index (Phi) is 7.52. The molecule has 2 rings (SSSR count). The first kappa shape index (κ1) is 21.4. The van der Waals surface area contributed by atoms with E-state index in [1.165, 1.54) is 19.1 Å². The summed E-state index contributed by atoms with van der Waals surface area (Å²) in [5, 5.41) is 0.561. The van der Waals surface area contributed by atoms with Crippen LogP contribution in [0.25, 0.3) is 0 Å². The average molecular weight is 408 g/mol. The molecule has 1 amide bonds. The topological polar surface area (TPSA) is 74.3 Å². The third kappa shape index (κ3) is 5.29. The molecule has 7 nitrogen and oxygen atoms in total. The molecule has 0 heterocycles. The van der Waals surface area contributed by atoms with Gasteiger partial charge in [0.25, 0.3) is 5.91 Å². The van der Waals surface area contributed by atoms with E-state index in [4.69, 9.17) is 25.8 Å². The highest BCUT2D eigenvalue weighted by atomic mass is 35.5. The van der Waals surface area contributed by atoms with Crippen LogP contribution in [0, 0.1) is 0 Å². The molecular formula is C20H22ClNO6. The number of ether oxygens (including phenoxy) is 4. The van der Waals surface area contributed by atoms with Gasteiger partial charge in [0.15, 0.2) is 18.1 Å². The molecule has 0 radical (unpaired) electrons. The maximum absolute atomic E-state index is 12.8. The number of esters is 1. The summed E-state index contributed by atoms with van der Waals surface area (Å²) in [6.45, 7) is 0.0556. The lowest BCUT2D eigenvalue weighted by Crippen LogP contribution is -2.26. The van der Waals surface area contributed by atoms with E-state index >= 15 is 0 Å². The fourth-order valence-corrected chi connectivity index (χ4v) is 2.73. The van der Waals surface area contributed by atoms with Crippen molar-refractivity contribution < 1.29 is 28.5 Å². The summed E-state index contributed by atoms with van der Waals surface area (Å²) < 4.78 is 20.5. The summed E-state index contributed by atoms with van der Waals surface area (Å²) in [7, 11) is 5.97. The van der Waals surface area contributed by atoms with Gasteiger partial charge in [-0.2, -0.15) is 0 Å². The third-order valence-electron chi connectivity index (χ3n) is 3.98. The van der Waals surface area contributed by atoms with Crippen LogP contribution in [0.15, 0.2) is 36.4 Å². The molecule has 0 aliphatic rings. The molecule has 0 aliphatic heterocycles. The Bertz CT molecular complexity index is 855. The molecule has 150 valence electrons. The second-order valence-corrected chi connectivity index (χ2v) is 6.28. The molecule has 0 N–H and O–H groups in total. The highest BCUT2D eigenvalue weighted by molar-refractivity contribution is 6.30. The minimum atomic E-state index is -0.516. The summed E-state index contributed by atoms with van der Waals surface area (Å²) in [5.41, 5.74) is 1.20. The van der Waals surface area contributed by atoms with Crippen molar-refractivity contribution in [2.75, 3.05) is 35.0 Å². The normalized spacial score (nSPS) is 10.2. The van der Waals surface area contributed by atoms with Crippen molar-refractivity contribution in [2.45, 2.75) is 6.54 Å². The lowest BCUT2D eigenvalue weighted by molar-refractivity contribution is -0.142. The summed E-state index contributed by atoms with van der Waals surface area (Å²) in [6, 6.07) is 9.97. The second-order valence-electron chi connectivity index (χ2n) is 5.85. The minimum absolute atomic E-state index is 0.222. The number of amides is 1. The van der Waals surface area contributed by atoms with Crippen molar-refractivity contribution in [3.05, 3.63) is 52.5 Å². The van der Waals surface area contributed by atoms with Crippen LogP contribution in [0.5, 0.6) is 17.2 Å². The fraction of sp³-hybridized carbons (Fsp3) is 0.300. The van der Waals surface area contributed by atoms with Crippen LogP contribution in [0.2, 0.25) is 5.02 Å². The Morgan fingerprint density at radius 1 is 0.964 bits per heavy atom. The molecule has 0 spiro atoms. The van der Waals surface area contributed by atoms with Gasteiger partial charge in [-0.15, -0.1) is 0 Å². The first-order chi connectivity index (χ1) is 13.4. The quantitative estimate of drug-likeness (QED) is 0.626. The molecular weight excluding hydrogens is 386 g/mol. The standard InChI is InChI=1S/C20H22ClNO6/c1-22(11-14-9-15(21)6-8-16(14)25-2)20(24)13-5-7-17(18(10-13)26-3)28-12-19(23)27-4/h5-10H,11-12H2,1-4H3. The fourth-order valence-electron chi connectivity index (χ4n) is 2.53. The number of carbonyl (C=O) groups excluding carboxylic acids is 2. The molecule has 2 aromatic rings. The first-order valence-corrected chi connectivity index (χ1v) is 8.73. The van der Waals surface area contributed by atoms with Crippen LogP contribution < -0.4 is 14.2 Å². The molecule has 0 saturated carbocycles. The molecule has 0 atom stereocenters. The van der Waals surface area contributed by atoms with Gasteiger partial charge in [0.2, 0.25) is 0 Å².